The number of hydrogen-bond donors (Lipinski definition) is 1. The fraction of sp³-hybridized carbons (Fsp3) is 0.391. The number of amides is 2. The molecule has 10 heteroatoms. The maximum atomic E-state index is 13.1. The van der Waals surface area contributed by atoms with Crippen LogP contribution < -0.4 is 9.46 Å². The molecular formula is C23H30N4O5S. The Morgan fingerprint density at radius 3 is 2.52 bits per heavy atom. The normalized spacial score (nSPS) is 14.9. The van der Waals surface area contributed by atoms with E-state index in [9.17, 15) is 18.0 Å². The van der Waals surface area contributed by atoms with Crippen LogP contribution in [0.25, 0.3) is 0 Å². The second-order valence-electron chi connectivity index (χ2n) is 8.04. The predicted molar refractivity (Wildman–Crippen MR) is 126 cm³/mol. The Balaban J connectivity index is 1.72. The summed E-state index contributed by atoms with van der Waals surface area (Å²) in [5.74, 6) is 0.190. The highest BCUT2D eigenvalue weighted by molar-refractivity contribution is 7.92. The van der Waals surface area contributed by atoms with Gasteiger partial charge in [-0.2, -0.15) is 0 Å². The van der Waals surface area contributed by atoms with E-state index in [-0.39, 0.29) is 16.7 Å². The molecule has 1 heterocycles. The number of likely N-dealkylation sites (N-methyl/N-ethyl adjacent to an activating group) is 1. The molecule has 1 saturated heterocycles. The van der Waals surface area contributed by atoms with Gasteiger partial charge in [0.2, 0.25) is 5.91 Å². The molecule has 3 rings (SSSR count). The second kappa shape index (κ2) is 10.7. The van der Waals surface area contributed by atoms with Crippen molar-refractivity contribution in [1.82, 2.24) is 14.7 Å². The van der Waals surface area contributed by atoms with E-state index in [0.717, 1.165) is 13.0 Å². The lowest BCUT2D eigenvalue weighted by atomic mass is 10.2. The highest BCUT2D eigenvalue weighted by Crippen LogP contribution is 2.26. The molecule has 0 unspecified atom stereocenters. The molecule has 1 N–H and O–H groups in total. The van der Waals surface area contributed by atoms with Crippen molar-refractivity contribution in [3.8, 4) is 5.75 Å². The Hall–Kier alpha value is -3.11. The summed E-state index contributed by atoms with van der Waals surface area (Å²) in [6.45, 7) is 2.63. The summed E-state index contributed by atoms with van der Waals surface area (Å²) in [6.07, 6.45) is 0.736. The van der Waals surface area contributed by atoms with Crippen LogP contribution in [0.2, 0.25) is 0 Å². The van der Waals surface area contributed by atoms with Crippen molar-refractivity contribution in [2.24, 2.45) is 0 Å². The van der Waals surface area contributed by atoms with Crippen LogP contribution >= 0.6 is 0 Å². The van der Waals surface area contributed by atoms with Gasteiger partial charge in [-0.3, -0.25) is 19.2 Å². The molecule has 1 aliphatic heterocycles. The van der Waals surface area contributed by atoms with Crippen LogP contribution in [-0.4, -0.2) is 88.9 Å². The largest absolute Gasteiger partial charge is 0.495 e. The van der Waals surface area contributed by atoms with E-state index in [2.05, 4.69) is 4.72 Å². The van der Waals surface area contributed by atoms with Crippen molar-refractivity contribution in [1.29, 1.82) is 0 Å². The fourth-order valence-electron chi connectivity index (χ4n) is 3.58. The molecule has 0 radical (unpaired) electrons. The third-order valence-electron chi connectivity index (χ3n) is 5.48. The standard InChI is InChI=1S/C23H30N4O5S/c1-25(2)22(28)17-26-12-7-13-27(15-14-26)23(29)18-8-6-9-19(16-18)33(30,31)24-20-10-4-5-11-21(20)32-3/h4-6,8-11,16,24H,7,12-15,17H2,1-3H3. The summed E-state index contributed by atoms with van der Waals surface area (Å²) in [7, 11) is 0.986. The minimum atomic E-state index is -3.92. The van der Waals surface area contributed by atoms with Crippen LogP contribution in [-0.2, 0) is 14.8 Å². The smallest absolute Gasteiger partial charge is 0.262 e. The topological polar surface area (TPSA) is 99.3 Å². The molecule has 2 aromatic carbocycles. The minimum absolute atomic E-state index is 0.00714. The molecule has 0 aliphatic carbocycles. The first-order chi connectivity index (χ1) is 15.7. The molecule has 0 spiro atoms. The lowest BCUT2D eigenvalue weighted by Crippen LogP contribution is -2.39. The number of nitrogens with zero attached hydrogens (tertiary/aromatic N) is 3. The Morgan fingerprint density at radius 1 is 1.03 bits per heavy atom. The van der Waals surface area contributed by atoms with E-state index in [0.29, 0.717) is 43.2 Å². The van der Waals surface area contributed by atoms with E-state index < -0.39 is 10.0 Å². The first-order valence-electron chi connectivity index (χ1n) is 10.7. The van der Waals surface area contributed by atoms with Crippen LogP contribution in [0.15, 0.2) is 53.4 Å². The van der Waals surface area contributed by atoms with Crippen LogP contribution in [0.5, 0.6) is 5.75 Å². The first-order valence-corrected chi connectivity index (χ1v) is 12.2. The number of sulfonamides is 1. The van der Waals surface area contributed by atoms with Gasteiger partial charge in [0.15, 0.2) is 0 Å². The number of rotatable bonds is 7. The molecule has 9 nitrogen and oxygen atoms in total. The third-order valence-corrected chi connectivity index (χ3v) is 6.84. The molecular weight excluding hydrogens is 444 g/mol. The van der Waals surface area contributed by atoms with Crippen molar-refractivity contribution in [2.45, 2.75) is 11.3 Å². The van der Waals surface area contributed by atoms with Gasteiger partial charge in [0.25, 0.3) is 15.9 Å². The number of carbonyl (C=O) groups excluding carboxylic acids is 2. The van der Waals surface area contributed by atoms with Crippen molar-refractivity contribution in [3.63, 3.8) is 0 Å². The number of ether oxygens (including phenoxy) is 1. The summed E-state index contributed by atoms with van der Waals surface area (Å²) in [6, 6.07) is 12.7. The molecule has 0 atom stereocenters. The lowest BCUT2D eigenvalue weighted by molar-refractivity contribution is -0.129. The Kier molecular flexibility index (Phi) is 7.93. The monoisotopic (exact) mass is 474 g/mol. The van der Waals surface area contributed by atoms with Crippen molar-refractivity contribution < 1.29 is 22.7 Å². The zero-order valence-electron chi connectivity index (χ0n) is 19.2. The van der Waals surface area contributed by atoms with Crippen molar-refractivity contribution in [2.75, 3.05) is 58.7 Å². The van der Waals surface area contributed by atoms with E-state index >= 15 is 0 Å². The predicted octanol–water partition coefficient (Wildman–Crippen LogP) is 1.73. The summed E-state index contributed by atoms with van der Waals surface area (Å²) < 4.78 is 33.6. The lowest BCUT2D eigenvalue weighted by Gasteiger charge is -2.23. The van der Waals surface area contributed by atoms with E-state index in [1.165, 1.54) is 19.2 Å². The third kappa shape index (κ3) is 6.23. The highest BCUT2D eigenvalue weighted by Gasteiger charge is 2.24. The van der Waals surface area contributed by atoms with Gasteiger partial charge in [-0.05, 0) is 36.8 Å². The van der Waals surface area contributed by atoms with Crippen LogP contribution in [0.3, 0.4) is 0 Å². The van der Waals surface area contributed by atoms with E-state index in [4.69, 9.17) is 4.74 Å². The Morgan fingerprint density at radius 2 is 1.79 bits per heavy atom. The van der Waals surface area contributed by atoms with E-state index in [1.807, 2.05) is 4.90 Å². The average Bonchev–Trinajstić information content (AvgIpc) is 3.04. The molecule has 0 aromatic heterocycles. The maximum absolute atomic E-state index is 13.1. The SMILES string of the molecule is COc1ccccc1NS(=O)(=O)c1cccc(C(=O)N2CCCN(CC(=O)N(C)C)CC2)c1. The number of para-hydroxylation sites is 2. The minimum Gasteiger partial charge on any atom is -0.495 e. The summed E-state index contributed by atoms with van der Waals surface area (Å²) in [5, 5.41) is 0. The number of benzene rings is 2. The Labute approximate surface area is 195 Å². The quantitative estimate of drug-likeness (QED) is 0.656. The molecule has 1 aliphatic rings. The number of nitrogens with one attached hydrogen (secondary N) is 1. The molecule has 2 amide bonds. The summed E-state index contributed by atoms with van der Waals surface area (Å²) >= 11 is 0. The molecule has 0 bridgehead atoms. The molecule has 178 valence electrons. The van der Waals surface area contributed by atoms with Gasteiger partial charge in [-0.15, -0.1) is 0 Å². The zero-order valence-corrected chi connectivity index (χ0v) is 20.0. The van der Waals surface area contributed by atoms with Gasteiger partial charge in [0.05, 0.1) is 24.2 Å². The number of hydrogen-bond acceptors (Lipinski definition) is 6. The number of carbonyl (C=O) groups is 2. The van der Waals surface area contributed by atoms with Crippen molar-refractivity contribution in [3.05, 3.63) is 54.1 Å². The Bertz CT molecular complexity index is 1100. The average molecular weight is 475 g/mol. The van der Waals surface area contributed by atoms with Gasteiger partial charge < -0.3 is 14.5 Å². The van der Waals surface area contributed by atoms with Crippen molar-refractivity contribution >= 4 is 27.5 Å². The van der Waals surface area contributed by atoms with Gasteiger partial charge in [-0.1, -0.05) is 18.2 Å². The van der Waals surface area contributed by atoms with Gasteiger partial charge in [0.1, 0.15) is 5.75 Å². The van der Waals surface area contributed by atoms with Gasteiger partial charge >= 0.3 is 0 Å². The van der Waals surface area contributed by atoms with Gasteiger partial charge in [-0.25, -0.2) is 8.42 Å². The first kappa shape index (κ1) is 24.5. The highest BCUT2D eigenvalue weighted by atomic mass is 32.2. The summed E-state index contributed by atoms with van der Waals surface area (Å²) in [5.41, 5.74) is 0.618. The van der Waals surface area contributed by atoms with E-state index in [1.54, 1.807) is 60.3 Å². The molecule has 2 aromatic rings. The maximum Gasteiger partial charge on any atom is 0.262 e. The number of anilines is 1. The number of methoxy groups -OCH3 is 1. The molecule has 1 fully saturated rings. The summed E-state index contributed by atoms with van der Waals surface area (Å²) in [4.78, 5) is 30.4. The molecule has 0 saturated carbocycles. The fourth-order valence-corrected chi connectivity index (χ4v) is 4.69. The van der Waals surface area contributed by atoms with Crippen LogP contribution in [0.4, 0.5) is 5.69 Å². The van der Waals surface area contributed by atoms with Crippen LogP contribution in [0, 0.1) is 0 Å². The van der Waals surface area contributed by atoms with Crippen LogP contribution in [0.1, 0.15) is 16.8 Å². The second-order valence-corrected chi connectivity index (χ2v) is 9.73. The van der Waals surface area contributed by atoms with Gasteiger partial charge in [0, 0.05) is 45.8 Å². The molecule has 33 heavy (non-hydrogen) atoms. The zero-order chi connectivity index (χ0) is 24.0.